The molecule has 3 aromatic heterocycles. The second-order valence-electron chi connectivity index (χ2n) is 8.81. The molecule has 5 aromatic rings. The van der Waals surface area contributed by atoms with Crippen molar-refractivity contribution in [1.82, 2.24) is 0 Å². The van der Waals surface area contributed by atoms with Gasteiger partial charge in [-0.3, -0.25) is 0 Å². The lowest BCUT2D eigenvalue weighted by Gasteiger charge is -2.00. The van der Waals surface area contributed by atoms with Crippen molar-refractivity contribution in [2.24, 2.45) is 0 Å². The van der Waals surface area contributed by atoms with Gasteiger partial charge in [-0.25, -0.2) is 9.59 Å². The molecule has 39 heavy (non-hydrogen) atoms. The minimum Gasteiger partial charge on any atom is -0.478 e. The van der Waals surface area contributed by atoms with E-state index in [9.17, 15) is 30.0 Å². The lowest BCUT2D eigenvalue weighted by Crippen LogP contribution is -1.94. The lowest BCUT2D eigenvalue weighted by molar-refractivity contribution is 0.0686. The van der Waals surface area contributed by atoms with E-state index in [0.29, 0.717) is 12.8 Å². The molecule has 6 nitrogen and oxygen atoms in total. The van der Waals surface area contributed by atoms with E-state index >= 15 is 0 Å². The summed E-state index contributed by atoms with van der Waals surface area (Å²) in [7, 11) is 0. The maximum absolute atomic E-state index is 11.2. The van der Waals surface area contributed by atoms with Gasteiger partial charge in [-0.15, -0.1) is 34.0 Å². The van der Waals surface area contributed by atoms with Crippen LogP contribution < -0.4 is 0 Å². The number of benzene rings is 2. The molecule has 0 saturated carbocycles. The van der Waals surface area contributed by atoms with Crippen LogP contribution in [0.2, 0.25) is 0 Å². The summed E-state index contributed by atoms with van der Waals surface area (Å²) in [6.07, 6.45) is 1.02. The maximum Gasteiger partial charge on any atom is 0.335 e. The Hall–Kier alpha value is -3.60. The van der Waals surface area contributed by atoms with Gasteiger partial charge in [-0.05, 0) is 83.6 Å². The molecular formula is C30H24O6S3. The van der Waals surface area contributed by atoms with Gasteiger partial charge in [0.2, 0.25) is 0 Å². The van der Waals surface area contributed by atoms with Crippen LogP contribution in [0.3, 0.4) is 0 Å². The first-order chi connectivity index (χ1) is 18.9. The average molecular weight is 577 g/mol. The van der Waals surface area contributed by atoms with Crippen LogP contribution in [0.25, 0.3) is 40.4 Å². The molecule has 3 heterocycles. The zero-order valence-corrected chi connectivity index (χ0v) is 23.0. The van der Waals surface area contributed by atoms with E-state index in [1.165, 1.54) is 0 Å². The number of carboxylic acids is 2. The van der Waals surface area contributed by atoms with Crippen molar-refractivity contribution in [3.05, 3.63) is 95.1 Å². The highest BCUT2D eigenvalue weighted by Gasteiger charge is 2.18. The van der Waals surface area contributed by atoms with Crippen molar-refractivity contribution in [1.29, 1.82) is 0 Å². The first kappa shape index (κ1) is 27.0. The highest BCUT2D eigenvalue weighted by Crippen LogP contribution is 2.46. The Balaban J connectivity index is 1.49. The van der Waals surface area contributed by atoms with E-state index in [1.54, 1.807) is 82.5 Å². The number of rotatable bonds is 10. The summed E-state index contributed by atoms with van der Waals surface area (Å²) < 4.78 is 0. The molecule has 0 spiro atoms. The molecule has 0 saturated heterocycles. The fourth-order valence-corrected chi connectivity index (χ4v) is 8.04. The standard InChI is InChI=1S/C30H24O6S3/c31-13-11-21-15-25(17-1-5-19(6-2-17)29(33)34)38-27(21)23-9-10-24(37-23)28-22(12-14-32)16-26(39-28)18-3-7-20(8-4-18)30(35)36/h1-10,15-16,31-32H,11-14H2,(H,33,34)(H,35,36). The Labute approximate surface area is 236 Å². The molecule has 0 unspecified atom stereocenters. The molecular weight excluding hydrogens is 553 g/mol. The number of carboxylic acid groups (broad SMARTS) is 2. The fourth-order valence-electron chi connectivity index (χ4n) is 4.31. The molecule has 0 bridgehead atoms. The van der Waals surface area contributed by atoms with Crippen molar-refractivity contribution in [2.45, 2.75) is 12.8 Å². The first-order valence-corrected chi connectivity index (χ1v) is 14.6. The molecule has 0 amide bonds. The predicted molar refractivity (Wildman–Crippen MR) is 157 cm³/mol. The summed E-state index contributed by atoms with van der Waals surface area (Å²) in [4.78, 5) is 28.7. The van der Waals surface area contributed by atoms with E-state index in [1.807, 2.05) is 0 Å². The highest BCUT2D eigenvalue weighted by molar-refractivity contribution is 7.28. The molecule has 0 aliphatic rings. The van der Waals surface area contributed by atoms with Crippen LogP contribution in [-0.4, -0.2) is 45.6 Å². The number of aromatic carboxylic acids is 2. The number of hydrogen-bond acceptors (Lipinski definition) is 7. The van der Waals surface area contributed by atoms with Crippen molar-refractivity contribution in [2.75, 3.05) is 13.2 Å². The largest absolute Gasteiger partial charge is 0.478 e. The highest BCUT2D eigenvalue weighted by atomic mass is 32.1. The molecule has 198 valence electrons. The molecule has 0 radical (unpaired) electrons. The normalized spacial score (nSPS) is 11.1. The predicted octanol–water partition coefficient (Wildman–Crippen LogP) is 7.01. The number of carbonyl (C=O) groups is 2. The van der Waals surface area contributed by atoms with Gasteiger partial charge >= 0.3 is 11.9 Å². The summed E-state index contributed by atoms with van der Waals surface area (Å²) in [5, 5.41) is 37.8. The van der Waals surface area contributed by atoms with E-state index in [4.69, 9.17) is 0 Å². The van der Waals surface area contributed by atoms with Crippen LogP contribution in [0.15, 0.2) is 72.8 Å². The maximum atomic E-state index is 11.2. The summed E-state index contributed by atoms with van der Waals surface area (Å²) in [6.45, 7) is 0.0456. The molecule has 0 aliphatic carbocycles. The number of hydrogen-bond donors (Lipinski definition) is 4. The van der Waals surface area contributed by atoms with Gasteiger partial charge in [-0.2, -0.15) is 0 Å². The van der Waals surface area contributed by atoms with Gasteiger partial charge in [-0.1, -0.05) is 24.3 Å². The van der Waals surface area contributed by atoms with E-state index in [0.717, 1.165) is 51.5 Å². The zero-order chi connectivity index (χ0) is 27.5. The van der Waals surface area contributed by atoms with Crippen LogP contribution in [0.1, 0.15) is 31.8 Å². The third-order valence-electron chi connectivity index (χ3n) is 6.27. The van der Waals surface area contributed by atoms with Crippen molar-refractivity contribution in [3.63, 3.8) is 0 Å². The second kappa shape index (κ2) is 11.6. The van der Waals surface area contributed by atoms with Gasteiger partial charge < -0.3 is 20.4 Å². The van der Waals surface area contributed by atoms with Gasteiger partial charge in [0, 0.05) is 42.5 Å². The monoisotopic (exact) mass is 576 g/mol. The molecule has 0 fully saturated rings. The smallest absolute Gasteiger partial charge is 0.335 e. The SMILES string of the molecule is O=C(O)c1ccc(-c2cc(CCO)c(-c3ccc(-c4sc(-c5ccc(C(=O)O)cc5)cc4CCO)s3)s2)cc1. The first-order valence-electron chi connectivity index (χ1n) is 12.1. The van der Waals surface area contributed by atoms with Crippen LogP contribution >= 0.6 is 34.0 Å². The average Bonchev–Trinajstić information content (AvgIpc) is 3.68. The molecule has 0 aliphatic heterocycles. The second-order valence-corrected chi connectivity index (χ2v) is 12.0. The third-order valence-corrected chi connectivity index (χ3v) is 10.2. The quantitative estimate of drug-likeness (QED) is 0.142. The molecule has 9 heteroatoms. The van der Waals surface area contributed by atoms with Gasteiger partial charge in [0.15, 0.2) is 0 Å². The van der Waals surface area contributed by atoms with Crippen molar-refractivity contribution >= 4 is 45.9 Å². The Morgan fingerprint density at radius 2 is 0.923 bits per heavy atom. The summed E-state index contributed by atoms with van der Waals surface area (Å²) in [5.41, 5.74) is 4.40. The number of thiophene rings is 3. The molecule has 2 aromatic carbocycles. The van der Waals surface area contributed by atoms with Crippen LogP contribution in [0, 0.1) is 0 Å². The lowest BCUT2D eigenvalue weighted by atomic mass is 10.1. The van der Waals surface area contributed by atoms with E-state index in [-0.39, 0.29) is 24.3 Å². The topological polar surface area (TPSA) is 115 Å². The Kier molecular flexibility index (Phi) is 8.06. The Morgan fingerprint density at radius 1 is 0.538 bits per heavy atom. The molecule has 5 rings (SSSR count). The van der Waals surface area contributed by atoms with Crippen molar-refractivity contribution in [3.8, 4) is 40.4 Å². The Morgan fingerprint density at radius 3 is 1.26 bits per heavy atom. The minimum atomic E-state index is -0.963. The van der Waals surface area contributed by atoms with E-state index < -0.39 is 11.9 Å². The number of aliphatic hydroxyl groups excluding tert-OH is 2. The van der Waals surface area contributed by atoms with E-state index in [2.05, 4.69) is 24.3 Å². The summed E-state index contributed by atoms with van der Waals surface area (Å²) in [6, 6.07) is 21.9. The van der Waals surface area contributed by atoms with Crippen LogP contribution in [0.5, 0.6) is 0 Å². The third kappa shape index (κ3) is 5.73. The minimum absolute atomic E-state index is 0.0228. The van der Waals surface area contributed by atoms with Gasteiger partial charge in [0.05, 0.1) is 11.1 Å². The summed E-state index contributed by atoms with van der Waals surface area (Å²) >= 11 is 4.88. The fraction of sp³-hybridized carbons (Fsp3) is 0.133. The van der Waals surface area contributed by atoms with Crippen LogP contribution in [0.4, 0.5) is 0 Å². The zero-order valence-electron chi connectivity index (χ0n) is 20.6. The van der Waals surface area contributed by atoms with Gasteiger partial charge in [0.25, 0.3) is 0 Å². The van der Waals surface area contributed by atoms with Crippen molar-refractivity contribution < 1.29 is 30.0 Å². The number of aliphatic hydroxyl groups is 2. The van der Waals surface area contributed by atoms with Gasteiger partial charge in [0.1, 0.15) is 0 Å². The summed E-state index contributed by atoms with van der Waals surface area (Å²) in [5.74, 6) is -1.93. The molecule has 4 N–H and O–H groups in total. The van der Waals surface area contributed by atoms with Crippen LogP contribution in [-0.2, 0) is 12.8 Å². The molecule has 0 atom stereocenters. The Bertz CT molecular complexity index is 1500.